The topological polar surface area (TPSA) is 113 Å². The monoisotopic (exact) mass is 688 g/mol. The third-order valence-electron chi connectivity index (χ3n) is 8.51. The molecule has 2 heterocycles. The molecule has 4 rings (SSSR count). The maximum absolute atomic E-state index is 13.7. The second-order valence-corrected chi connectivity index (χ2v) is 12.3. The minimum atomic E-state index is -4.46. The Kier molecular flexibility index (Phi) is 12.6. The first-order valence-electron chi connectivity index (χ1n) is 16.0. The Bertz CT molecular complexity index is 1580. The van der Waals surface area contributed by atoms with Gasteiger partial charge in [0.05, 0.1) is 18.6 Å². The highest BCUT2D eigenvalue weighted by Crippen LogP contribution is 2.35. The molecule has 0 aliphatic carbocycles. The van der Waals surface area contributed by atoms with Gasteiger partial charge in [-0.1, -0.05) is 44.5 Å². The Hall–Kier alpha value is -4.68. The second-order valence-electron chi connectivity index (χ2n) is 12.3. The van der Waals surface area contributed by atoms with Crippen molar-refractivity contribution in [2.24, 2.45) is 17.8 Å². The predicted molar refractivity (Wildman–Crippen MR) is 170 cm³/mol. The lowest BCUT2D eigenvalue weighted by atomic mass is 9.77. The van der Waals surface area contributed by atoms with Gasteiger partial charge in [0, 0.05) is 18.2 Å². The molecule has 0 bridgehead atoms. The molecule has 1 aliphatic heterocycles. The number of halogens is 4. The number of nitrogens with one attached hydrogen (secondary N) is 1. The van der Waals surface area contributed by atoms with Gasteiger partial charge in [-0.25, -0.2) is 14.2 Å². The lowest BCUT2D eigenvalue weighted by Gasteiger charge is -2.31. The molecule has 49 heavy (non-hydrogen) atoms. The molecule has 1 fully saturated rings. The van der Waals surface area contributed by atoms with Crippen molar-refractivity contribution >= 4 is 17.8 Å². The smallest absolute Gasteiger partial charge is 0.416 e. The number of cyclic esters (lactones) is 1. The third kappa shape index (κ3) is 10.2. The zero-order chi connectivity index (χ0) is 35.7. The highest BCUT2D eigenvalue weighted by Gasteiger charge is 2.36. The number of esters is 2. The zero-order valence-electron chi connectivity index (χ0n) is 27.7. The molecule has 4 unspecified atom stereocenters. The van der Waals surface area contributed by atoms with Crippen molar-refractivity contribution in [1.29, 1.82) is 0 Å². The number of ether oxygens (including phenoxy) is 4. The first-order valence-corrected chi connectivity index (χ1v) is 16.0. The summed E-state index contributed by atoms with van der Waals surface area (Å²) in [6, 6.07) is 11.4. The summed E-state index contributed by atoms with van der Waals surface area (Å²) < 4.78 is 75.2. The molecule has 9 nitrogen and oxygen atoms in total. The Morgan fingerprint density at radius 2 is 1.65 bits per heavy atom. The number of hydrogen-bond donors (Lipinski definition) is 1. The van der Waals surface area contributed by atoms with Gasteiger partial charge in [0.15, 0.2) is 17.2 Å². The molecule has 1 saturated heterocycles. The van der Waals surface area contributed by atoms with Gasteiger partial charge in [-0.2, -0.15) is 13.2 Å². The van der Waals surface area contributed by atoms with Crippen molar-refractivity contribution in [3.05, 3.63) is 89.0 Å². The van der Waals surface area contributed by atoms with E-state index >= 15 is 0 Å². The SMILES string of the molecule is COc1ccnc(C(=O)NC2CCCC(Cc3ccc(C(F)(F)F)cc3)C(Cc3ccc(F)cc3)C(C)OC2=O)c1OCOC(=O)C(C)C. The Morgan fingerprint density at radius 1 is 1.00 bits per heavy atom. The van der Waals surface area contributed by atoms with Gasteiger partial charge < -0.3 is 24.3 Å². The molecule has 13 heteroatoms. The number of hydrogen-bond acceptors (Lipinski definition) is 8. The van der Waals surface area contributed by atoms with Gasteiger partial charge in [-0.05, 0) is 73.9 Å². The molecule has 1 aromatic heterocycles. The molecule has 1 N–H and O–H groups in total. The maximum Gasteiger partial charge on any atom is 0.416 e. The average molecular weight is 689 g/mol. The Labute approximate surface area is 282 Å². The van der Waals surface area contributed by atoms with E-state index in [0.29, 0.717) is 31.2 Å². The minimum absolute atomic E-state index is 0.0835. The summed E-state index contributed by atoms with van der Waals surface area (Å²) in [5.74, 6) is -3.06. The van der Waals surface area contributed by atoms with Crippen LogP contribution in [0.2, 0.25) is 0 Å². The number of alkyl halides is 3. The van der Waals surface area contributed by atoms with Crippen molar-refractivity contribution in [1.82, 2.24) is 10.3 Å². The van der Waals surface area contributed by atoms with Gasteiger partial charge in [0.2, 0.25) is 6.79 Å². The van der Waals surface area contributed by atoms with E-state index in [0.717, 1.165) is 17.7 Å². The van der Waals surface area contributed by atoms with E-state index < -0.39 is 60.3 Å². The summed E-state index contributed by atoms with van der Waals surface area (Å²) in [5, 5.41) is 2.70. The molecule has 4 atom stereocenters. The van der Waals surface area contributed by atoms with Gasteiger partial charge >= 0.3 is 18.1 Å². The number of benzene rings is 2. The molecule has 2 aromatic carbocycles. The first kappa shape index (κ1) is 37.1. The van der Waals surface area contributed by atoms with E-state index in [-0.39, 0.29) is 35.4 Å². The third-order valence-corrected chi connectivity index (χ3v) is 8.51. The number of carbonyl (C=O) groups excluding carboxylic acids is 3. The zero-order valence-corrected chi connectivity index (χ0v) is 27.7. The van der Waals surface area contributed by atoms with E-state index in [2.05, 4.69) is 10.3 Å². The molecular formula is C36H40F4N2O7. The van der Waals surface area contributed by atoms with Crippen LogP contribution in [0.3, 0.4) is 0 Å². The fourth-order valence-corrected chi connectivity index (χ4v) is 5.83. The summed E-state index contributed by atoms with van der Waals surface area (Å²) >= 11 is 0. The van der Waals surface area contributed by atoms with E-state index in [1.165, 1.54) is 43.6 Å². The van der Waals surface area contributed by atoms with Crippen LogP contribution >= 0.6 is 0 Å². The number of amides is 1. The van der Waals surface area contributed by atoms with Crippen LogP contribution in [0.5, 0.6) is 11.5 Å². The average Bonchev–Trinajstić information content (AvgIpc) is 3.10. The van der Waals surface area contributed by atoms with Crippen LogP contribution in [-0.2, 0) is 38.1 Å². The quantitative estimate of drug-likeness (QED) is 0.134. The predicted octanol–water partition coefficient (Wildman–Crippen LogP) is 6.72. The van der Waals surface area contributed by atoms with Gasteiger partial charge in [0.25, 0.3) is 5.91 Å². The number of carbonyl (C=O) groups is 3. The molecule has 0 spiro atoms. The van der Waals surface area contributed by atoms with Crippen LogP contribution in [0, 0.1) is 23.6 Å². The van der Waals surface area contributed by atoms with Crippen molar-refractivity contribution < 1.29 is 50.9 Å². The maximum atomic E-state index is 13.7. The van der Waals surface area contributed by atoms with Crippen molar-refractivity contribution in [3.63, 3.8) is 0 Å². The first-order chi connectivity index (χ1) is 23.3. The number of nitrogens with zero attached hydrogens (tertiary/aromatic N) is 1. The molecule has 1 amide bonds. The van der Waals surface area contributed by atoms with E-state index in [1.54, 1.807) is 32.9 Å². The van der Waals surface area contributed by atoms with Crippen LogP contribution in [-0.4, -0.2) is 48.9 Å². The fourth-order valence-electron chi connectivity index (χ4n) is 5.83. The number of methoxy groups -OCH3 is 1. The Balaban J connectivity index is 1.55. The van der Waals surface area contributed by atoms with Crippen LogP contribution in [0.4, 0.5) is 17.6 Å². The summed E-state index contributed by atoms with van der Waals surface area (Å²) in [6.07, 6.45) is -1.72. The van der Waals surface area contributed by atoms with Gasteiger partial charge in [-0.15, -0.1) is 0 Å². The number of rotatable bonds is 11. The fraction of sp³-hybridized carbons (Fsp3) is 0.444. The summed E-state index contributed by atoms with van der Waals surface area (Å²) in [6.45, 7) is 4.55. The van der Waals surface area contributed by atoms with Crippen LogP contribution in [0.15, 0.2) is 60.8 Å². The second kappa shape index (κ2) is 16.6. The van der Waals surface area contributed by atoms with Crippen LogP contribution < -0.4 is 14.8 Å². The highest BCUT2D eigenvalue weighted by molar-refractivity contribution is 5.98. The summed E-state index contributed by atoms with van der Waals surface area (Å²) in [7, 11) is 1.37. The molecule has 3 aromatic rings. The summed E-state index contributed by atoms with van der Waals surface area (Å²) in [5.41, 5.74) is 0.562. The largest absolute Gasteiger partial charge is 0.493 e. The van der Waals surface area contributed by atoms with Gasteiger partial charge in [0.1, 0.15) is 18.0 Å². The number of aromatic nitrogens is 1. The van der Waals surface area contributed by atoms with Gasteiger partial charge in [-0.3, -0.25) is 9.59 Å². The standard InChI is InChI=1S/C36H40F4N2O7/c1-21(2)34(44)48-20-47-32-30(46-4)16-17-41-31(32)33(43)42-29-7-5-6-25(18-23-8-12-26(13-9-23)36(38,39)40)28(22(3)49-35(29)45)19-24-10-14-27(37)15-11-24/h8-17,21-22,25,28-29H,5-7,18-20H2,1-4H3,(H,42,43). The molecule has 264 valence electrons. The van der Waals surface area contributed by atoms with Crippen LogP contribution in [0.25, 0.3) is 0 Å². The molecule has 0 radical (unpaired) electrons. The highest BCUT2D eigenvalue weighted by atomic mass is 19.4. The Morgan fingerprint density at radius 3 is 2.29 bits per heavy atom. The number of pyridine rings is 1. The van der Waals surface area contributed by atoms with Crippen molar-refractivity contribution in [3.8, 4) is 11.5 Å². The van der Waals surface area contributed by atoms with Crippen molar-refractivity contribution in [2.75, 3.05) is 13.9 Å². The molecular weight excluding hydrogens is 648 g/mol. The lowest BCUT2D eigenvalue weighted by Crippen LogP contribution is -2.43. The van der Waals surface area contributed by atoms with E-state index in [9.17, 15) is 31.9 Å². The summed E-state index contributed by atoms with van der Waals surface area (Å²) in [4.78, 5) is 43.1. The molecule has 1 aliphatic rings. The van der Waals surface area contributed by atoms with Crippen molar-refractivity contribution in [2.45, 2.75) is 71.2 Å². The van der Waals surface area contributed by atoms with E-state index in [4.69, 9.17) is 18.9 Å². The minimum Gasteiger partial charge on any atom is -0.493 e. The lowest BCUT2D eigenvalue weighted by molar-refractivity contribution is -0.155. The molecule has 0 saturated carbocycles. The normalized spacial score (nSPS) is 20.0. The van der Waals surface area contributed by atoms with Crippen LogP contribution in [0.1, 0.15) is 67.2 Å². The van der Waals surface area contributed by atoms with E-state index in [1.807, 2.05) is 0 Å².